The highest BCUT2D eigenvalue weighted by Crippen LogP contribution is 2.16. The molecule has 1 rings (SSSR count). The van der Waals surface area contributed by atoms with Gasteiger partial charge in [0.05, 0.1) is 4.90 Å². The van der Waals surface area contributed by atoms with Gasteiger partial charge < -0.3 is 11.1 Å². The fraction of sp³-hybridized carbons (Fsp3) is 0.455. The summed E-state index contributed by atoms with van der Waals surface area (Å²) in [6.07, 6.45) is 0. The number of rotatable bonds is 5. The molecule has 0 unspecified atom stereocenters. The van der Waals surface area contributed by atoms with Gasteiger partial charge in [-0.25, -0.2) is 13.6 Å². The molecule has 0 spiro atoms. The van der Waals surface area contributed by atoms with E-state index in [1.54, 1.807) is 12.1 Å². The van der Waals surface area contributed by atoms with E-state index in [1.165, 1.54) is 12.1 Å². The fourth-order valence-electron chi connectivity index (χ4n) is 1.18. The van der Waals surface area contributed by atoms with Gasteiger partial charge in [0.1, 0.15) is 0 Å². The second kappa shape index (κ2) is 5.03. The third-order valence-electron chi connectivity index (χ3n) is 2.51. The van der Waals surface area contributed by atoms with E-state index in [0.717, 1.165) is 12.2 Å². The molecule has 0 amide bonds. The standard InChI is InChI=1S/C11H19N3O2S/c1-11(2,7-12)8-14-9-3-5-10(6-4-9)17(13,15)16/h3-6,14H,7-8,12H2,1-2H3,(H2,13,15,16). The highest BCUT2D eigenvalue weighted by Gasteiger charge is 2.15. The van der Waals surface area contributed by atoms with Gasteiger partial charge in [-0.3, -0.25) is 0 Å². The first kappa shape index (κ1) is 14.0. The van der Waals surface area contributed by atoms with Gasteiger partial charge in [-0.1, -0.05) is 13.8 Å². The van der Waals surface area contributed by atoms with Gasteiger partial charge in [-0.15, -0.1) is 0 Å². The number of benzene rings is 1. The number of nitrogens with two attached hydrogens (primary N) is 2. The molecule has 0 bridgehead atoms. The van der Waals surface area contributed by atoms with E-state index in [9.17, 15) is 8.42 Å². The summed E-state index contributed by atoms with van der Waals surface area (Å²) in [7, 11) is -3.62. The molecule has 96 valence electrons. The summed E-state index contributed by atoms with van der Waals surface area (Å²) in [5.74, 6) is 0. The Bertz CT molecular complexity index is 466. The van der Waals surface area contributed by atoms with E-state index < -0.39 is 10.0 Å². The zero-order chi connectivity index (χ0) is 13.1. The minimum absolute atomic E-state index is 0.00137. The zero-order valence-corrected chi connectivity index (χ0v) is 10.9. The Balaban J connectivity index is 2.70. The summed E-state index contributed by atoms with van der Waals surface area (Å²) in [5.41, 5.74) is 6.46. The molecule has 0 aliphatic rings. The lowest BCUT2D eigenvalue weighted by atomic mass is 9.94. The van der Waals surface area contributed by atoms with Crippen molar-refractivity contribution in [2.45, 2.75) is 18.7 Å². The normalized spacial score (nSPS) is 12.5. The Morgan fingerprint density at radius 3 is 2.18 bits per heavy atom. The van der Waals surface area contributed by atoms with Crippen molar-refractivity contribution in [1.29, 1.82) is 0 Å². The molecule has 0 saturated heterocycles. The maximum atomic E-state index is 11.0. The number of hydrogen-bond acceptors (Lipinski definition) is 4. The van der Waals surface area contributed by atoms with Crippen molar-refractivity contribution in [2.75, 3.05) is 18.4 Å². The predicted octanol–water partition coefficient (Wildman–Crippen LogP) is 0.731. The number of nitrogens with one attached hydrogen (secondary N) is 1. The van der Waals surface area contributed by atoms with Crippen LogP contribution in [0.2, 0.25) is 0 Å². The molecule has 0 aromatic heterocycles. The zero-order valence-electron chi connectivity index (χ0n) is 10.1. The molecule has 17 heavy (non-hydrogen) atoms. The van der Waals surface area contributed by atoms with Gasteiger partial charge in [0.2, 0.25) is 10.0 Å². The number of hydrogen-bond donors (Lipinski definition) is 3. The van der Waals surface area contributed by atoms with Crippen LogP contribution < -0.4 is 16.2 Å². The van der Waals surface area contributed by atoms with Gasteiger partial charge in [0, 0.05) is 12.2 Å². The van der Waals surface area contributed by atoms with Crippen LogP contribution in [0.15, 0.2) is 29.2 Å². The van der Waals surface area contributed by atoms with Crippen LogP contribution in [0.4, 0.5) is 5.69 Å². The molecule has 0 atom stereocenters. The second-order valence-corrected chi connectivity index (χ2v) is 6.35. The van der Waals surface area contributed by atoms with Crippen molar-refractivity contribution < 1.29 is 8.42 Å². The third kappa shape index (κ3) is 4.33. The van der Waals surface area contributed by atoms with E-state index in [1.807, 2.05) is 0 Å². The van der Waals surface area contributed by atoms with Crippen LogP contribution in [0.25, 0.3) is 0 Å². The summed E-state index contributed by atoms with van der Waals surface area (Å²) < 4.78 is 22.1. The average Bonchev–Trinajstić information content (AvgIpc) is 2.26. The average molecular weight is 257 g/mol. The van der Waals surface area contributed by atoms with Crippen molar-refractivity contribution in [1.82, 2.24) is 0 Å². The molecule has 5 nitrogen and oxygen atoms in total. The summed E-state index contributed by atoms with van der Waals surface area (Å²) in [4.78, 5) is 0.112. The minimum atomic E-state index is -3.62. The summed E-state index contributed by atoms with van der Waals surface area (Å²) in [6, 6.07) is 6.33. The number of anilines is 1. The van der Waals surface area contributed by atoms with Crippen LogP contribution in [0.1, 0.15) is 13.8 Å². The van der Waals surface area contributed by atoms with E-state index in [2.05, 4.69) is 19.2 Å². The largest absolute Gasteiger partial charge is 0.384 e. The lowest BCUT2D eigenvalue weighted by molar-refractivity contribution is 0.405. The topological polar surface area (TPSA) is 98.2 Å². The highest BCUT2D eigenvalue weighted by molar-refractivity contribution is 7.89. The Kier molecular flexibility index (Phi) is 4.13. The molecule has 0 radical (unpaired) electrons. The first-order valence-electron chi connectivity index (χ1n) is 5.31. The highest BCUT2D eigenvalue weighted by atomic mass is 32.2. The molecular formula is C11H19N3O2S. The van der Waals surface area contributed by atoms with Crippen LogP contribution in [0.5, 0.6) is 0 Å². The second-order valence-electron chi connectivity index (χ2n) is 4.79. The van der Waals surface area contributed by atoms with Gasteiger partial charge in [0.15, 0.2) is 0 Å². The van der Waals surface area contributed by atoms with Crippen molar-refractivity contribution in [2.24, 2.45) is 16.3 Å². The minimum Gasteiger partial charge on any atom is -0.384 e. The lowest BCUT2D eigenvalue weighted by Gasteiger charge is -2.23. The number of primary sulfonamides is 1. The molecule has 0 saturated carbocycles. The van der Waals surface area contributed by atoms with Crippen molar-refractivity contribution in [3.63, 3.8) is 0 Å². The Labute approximate surface area is 102 Å². The Morgan fingerprint density at radius 2 is 1.76 bits per heavy atom. The lowest BCUT2D eigenvalue weighted by Crippen LogP contribution is -2.31. The van der Waals surface area contributed by atoms with Crippen molar-refractivity contribution in [3.05, 3.63) is 24.3 Å². The van der Waals surface area contributed by atoms with Gasteiger partial charge in [-0.2, -0.15) is 0 Å². The van der Waals surface area contributed by atoms with Crippen molar-refractivity contribution in [3.8, 4) is 0 Å². The molecule has 0 aliphatic heterocycles. The first-order valence-corrected chi connectivity index (χ1v) is 6.86. The molecule has 0 heterocycles. The Morgan fingerprint density at radius 1 is 1.24 bits per heavy atom. The third-order valence-corrected chi connectivity index (χ3v) is 3.44. The van der Waals surface area contributed by atoms with E-state index >= 15 is 0 Å². The predicted molar refractivity (Wildman–Crippen MR) is 69.1 cm³/mol. The van der Waals surface area contributed by atoms with E-state index in [-0.39, 0.29) is 10.3 Å². The molecular weight excluding hydrogens is 238 g/mol. The van der Waals surface area contributed by atoms with Crippen LogP contribution >= 0.6 is 0 Å². The van der Waals surface area contributed by atoms with E-state index in [4.69, 9.17) is 10.9 Å². The summed E-state index contributed by atoms with van der Waals surface area (Å²) >= 11 is 0. The van der Waals surface area contributed by atoms with Gasteiger partial charge in [-0.05, 0) is 36.2 Å². The molecule has 0 fully saturated rings. The molecule has 0 aliphatic carbocycles. The molecule has 1 aromatic carbocycles. The van der Waals surface area contributed by atoms with Crippen LogP contribution in [0.3, 0.4) is 0 Å². The van der Waals surface area contributed by atoms with Gasteiger partial charge >= 0.3 is 0 Å². The quantitative estimate of drug-likeness (QED) is 0.724. The number of sulfonamides is 1. The maximum Gasteiger partial charge on any atom is 0.238 e. The summed E-state index contributed by atoms with van der Waals surface area (Å²) in [6.45, 7) is 5.41. The molecule has 5 N–H and O–H groups in total. The van der Waals surface area contributed by atoms with Crippen LogP contribution in [-0.4, -0.2) is 21.5 Å². The monoisotopic (exact) mass is 257 g/mol. The van der Waals surface area contributed by atoms with Gasteiger partial charge in [0.25, 0.3) is 0 Å². The fourth-order valence-corrected chi connectivity index (χ4v) is 1.69. The molecule has 6 heteroatoms. The van der Waals surface area contributed by atoms with Crippen molar-refractivity contribution >= 4 is 15.7 Å². The Hall–Kier alpha value is -1.11. The van der Waals surface area contributed by atoms with E-state index in [0.29, 0.717) is 6.54 Å². The summed E-state index contributed by atoms with van der Waals surface area (Å²) in [5, 5.41) is 8.21. The maximum absolute atomic E-state index is 11.0. The van der Waals surface area contributed by atoms with Crippen LogP contribution in [0, 0.1) is 5.41 Å². The smallest absolute Gasteiger partial charge is 0.238 e. The molecule has 1 aromatic rings. The first-order chi connectivity index (χ1) is 7.74. The SMILES string of the molecule is CC(C)(CN)CNc1ccc(S(N)(=O)=O)cc1. The van der Waals surface area contributed by atoms with Crippen LogP contribution in [-0.2, 0) is 10.0 Å².